The third-order valence-corrected chi connectivity index (χ3v) is 7.30. The lowest BCUT2D eigenvalue weighted by Gasteiger charge is -2.39. The highest BCUT2D eigenvalue weighted by atomic mass is 19.1. The third kappa shape index (κ3) is 7.20. The van der Waals surface area contributed by atoms with E-state index in [4.69, 9.17) is 14.2 Å². The van der Waals surface area contributed by atoms with Gasteiger partial charge >= 0.3 is 6.01 Å². The fourth-order valence-electron chi connectivity index (χ4n) is 4.80. The molecule has 1 amide bonds. The topological polar surface area (TPSA) is 145 Å². The average Bonchev–Trinajstić information content (AvgIpc) is 3.52. The number of benzene rings is 2. The van der Waals surface area contributed by atoms with E-state index < -0.39 is 5.82 Å². The van der Waals surface area contributed by atoms with E-state index in [-0.39, 0.29) is 35.3 Å². The van der Waals surface area contributed by atoms with Gasteiger partial charge in [0.05, 0.1) is 42.4 Å². The molecule has 0 bridgehead atoms. The Hall–Kier alpha value is -5.83. The number of likely N-dealkylation sites (N-methyl/N-ethyl adjacent to an activating group) is 1. The smallest absolute Gasteiger partial charge is 0.316 e. The van der Waals surface area contributed by atoms with E-state index in [2.05, 4.69) is 42.2 Å². The molecule has 2 aromatic carbocycles. The number of nitrogens with one attached hydrogen (secondary N) is 2. The van der Waals surface area contributed by atoms with Gasteiger partial charge in [-0.25, -0.2) is 29.0 Å². The number of methoxy groups -OCH3 is 1. The maximum Gasteiger partial charge on any atom is 0.316 e. The molecule has 242 valence electrons. The zero-order valence-corrected chi connectivity index (χ0v) is 26.1. The van der Waals surface area contributed by atoms with Gasteiger partial charge in [0, 0.05) is 49.4 Å². The quantitative estimate of drug-likeness (QED) is 0.179. The molecule has 2 N–H and O–H groups in total. The molecule has 15 heteroatoms. The molecule has 4 heterocycles. The Bertz CT molecular complexity index is 1890. The Morgan fingerprint density at radius 1 is 1.11 bits per heavy atom. The summed E-state index contributed by atoms with van der Waals surface area (Å²) in [5, 5.41) is 11.6. The summed E-state index contributed by atoms with van der Waals surface area (Å²) in [5.41, 5.74) is 2.13. The van der Waals surface area contributed by atoms with Gasteiger partial charge in [-0.05, 0) is 38.4 Å². The van der Waals surface area contributed by atoms with Crippen molar-refractivity contribution in [3.63, 3.8) is 0 Å². The molecule has 5 aromatic rings. The highest BCUT2D eigenvalue weighted by Crippen LogP contribution is 2.35. The summed E-state index contributed by atoms with van der Waals surface area (Å²) in [7, 11) is 5.43. The van der Waals surface area contributed by atoms with Crippen LogP contribution >= 0.6 is 0 Å². The van der Waals surface area contributed by atoms with Gasteiger partial charge in [-0.1, -0.05) is 6.58 Å². The normalized spacial score (nSPS) is 12.9. The van der Waals surface area contributed by atoms with Crippen molar-refractivity contribution in [3.05, 3.63) is 79.8 Å². The Morgan fingerprint density at radius 2 is 1.91 bits per heavy atom. The second-order valence-electron chi connectivity index (χ2n) is 10.9. The minimum absolute atomic E-state index is 0.0227. The Morgan fingerprint density at radius 3 is 2.64 bits per heavy atom. The van der Waals surface area contributed by atoms with E-state index in [1.54, 1.807) is 41.7 Å². The molecule has 0 unspecified atom stereocenters. The zero-order chi connectivity index (χ0) is 32.9. The van der Waals surface area contributed by atoms with Gasteiger partial charge in [-0.3, -0.25) is 4.79 Å². The summed E-state index contributed by atoms with van der Waals surface area (Å²) in [6.07, 6.45) is 7.51. The standard InChI is InChI=1S/C32H33FN10O4/c1-5-30(44)42-17-20(18-42)38-27-13-23-26(14-28(27)46-11-10-41(2)3)36-19-37-31(23)39-25-7-6-22(12-24(25)33)47-29-8-9-43(40-29)21-15-34-32(45-4)35-16-21/h5-9,12-16,19-20,38H,1,10-11,17-18H2,2-4H3,(H,36,37,39). The van der Waals surface area contributed by atoms with Crippen molar-refractivity contribution in [2.24, 2.45) is 0 Å². The first-order valence-electron chi connectivity index (χ1n) is 14.7. The molecule has 1 aliphatic heterocycles. The molecule has 0 aliphatic carbocycles. The fraction of sp³-hybridized carbons (Fsp3) is 0.250. The molecular weight excluding hydrogens is 607 g/mol. The number of hydrogen-bond donors (Lipinski definition) is 2. The number of ether oxygens (including phenoxy) is 3. The number of halogens is 1. The molecule has 1 saturated heterocycles. The van der Waals surface area contributed by atoms with Crippen LogP contribution in [0.15, 0.2) is 74.0 Å². The van der Waals surface area contributed by atoms with Gasteiger partial charge in [0.1, 0.15) is 41.8 Å². The van der Waals surface area contributed by atoms with Crippen LogP contribution in [0, 0.1) is 5.82 Å². The predicted octanol–water partition coefficient (Wildman–Crippen LogP) is 4.04. The van der Waals surface area contributed by atoms with Gasteiger partial charge in [0.2, 0.25) is 11.8 Å². The lowest BCUT2D eigenvalue weighted by molar-refractivity contribution is -0.129. The number of rotatable bonds is 13. The average molecular weight is 641 g/mol. The second kappa shape index (κ2) is 13.7. The number of hydrogen-bond acceptors (Lipinski definition) is 12. The molecular formula is C32H33FN10O4. The van der Waals surface area contributed by atoms with E-state index in [9.17, 15) is 4.79 Å². The van der Waals surface area contributed by atoms with Crippen molar-refractivity contribution < 1.29 is 23.4 Å². The lowest BCUT2D eigenvalue weighted by Crippen LogP contribution is -2.56. The van der Waals surface area contributed by atoms with Gasteiger partial charge in [0.15, 0.2) is 0 Å². The van der Waals surface area contributed by atoms with Crippen LogP contribution in [-0.2, 0) is 4.79 Å². The second-order valence-corrected chi connectivity index (χ2v) is 10.9. The van der Waals surface area contributed by atoms with Crippen molar-refractivity contribution in [2.75, 3.05) is 58.1 Å². The zero-order valence-electron chi connectivity index (χ0n) is 26.1. The van der Waals surface area contributed by atoms with Crippen molar-refractivity contribution in [2.45, 2.75) is 6.04 Å². The van der Waals surface area contributed by atoms with Crippen LogP contribution in [0.25, 0.3) is 16.6 Å². The molecule has 1 fully saturated rings. The van der Waals surface area contributed by atoms with Crippen molar-refractivity contribution in [1.82, 2.24) is 39.5 Å². The molecule has 0 radical (unpaired) electrons. The molecule has 0 spiro atoms. The van der Waals surface area contributed by atoms with E-state index in [0.29, 0.717) is 47.9 Å². The summed E-state index contributed by atoms with van der Waals surface area (Å²) < 4.78 is 33.8. The number of anilines is 3. The number of nitrogens with zero attached hydrogens (tertiary/aromatic N) is 8. The van der Waals surface area contributed by atoms with E-state index in [1.807, 2.05) is 31.1 Å². The summed E-state index contributed by atoms with van der Waals surface area (Å²) in [6, 6.07) is 10.1. The van der Waals surface area contributed by atoms with E-state index in [0.717, 1.165) is 12.2 Å². The molecule has 6 rings (SSSR count). The fourth-order valence-corrected chi connectivity index (χ4v) is 4.80. The van der Waals surface area contributed by atoms with Gasteiger partial charge < -0.3 is 34.6 Å². The number of likely N-dealkylation sites (tertiary alicyclic amines) is 1. The van der Waals surface area contributed by atoms with Gasteiger partial charge in [0.25, 0.3) is 0 Å². The Kier molecular flexibility index (Phi) is 9.06. The number of amides is 1. The van der Waals surface area contributed by atoms with Crippen LogP contribution < -0.4 is 24.8 Å². The summed E-state index contributed by atoms with van der Waals surface area (Å²) in [6.45, 7) is 5.81. The number of carbonyl (C=O) groups is 1. The molecule has 1 aliphatic rings. The van der Waals surface area contributed by atoms with Crippen LogP contribution in [0.4, 0.5) is 21.6 Å². The molecule has 14 nitrogen and oxygen atoms in total. The van der Waals surface area contributed by atoms with Crippen molar-refractivity contribution >= 4 is 34.0 Å². The van der Waals surface area contributed by atoms with Crippen LogP contribution in [0.2, 0.25) is 0 Å². The van der Waals surface area contributed by atoms with Crippen LogP contribution in [0.1, 0.15) is 0 Å². The van der Waals surface area contributed by atoms with E-state index >= 15 is 4.39 Å². The lowest BCUT2D eigenvalue weighted by atomic mass is 10.1. The van der Waals surface area contributed by atoms with Crippen molar-refractivity contribution in [1.29, 1.82) is 0 Å². The number of fused-ring (bicyclic) bond motifs is 1. The molecule has 47 heavy (non-hydrogen) atoms. The summed E-state index contributed by atoms with van der Waals surface area (Å²) in [5.74, 6) is 0.874. The van der Waals surface area contributed by atoms with Crippen LogP contribution in [0.3, 0.4) is 0 Å². The SMILES string of the molecule is C=CC(=O)N1CC(Nc2cc3c(Nc4ccc(Oc5ccn(-c6cnc(OC)nc6)n5)cc4F)ncnc3cc2OCCN(C)C)C1. The minimum atomic E-state index is -0.555. The number of aromatic nitrogens is 6. The van der Waals surface area contributed by atoms with Crippen molar-refractivity contribution in [3.8, 4) is 29.1 Å². The first-order valence-corrected chi connectivity index (χ1v) is 14.7. The maximum atomic E-state index is 15.4. The Balaban J connectivity index is 1.20. The molecule has 3 aromatic heterocycles. The first kappa shape index (κ1) is 31.2. The first-order chi connectivity index (χ1) is 22.8. The maximum absolute atomic E-state index is 15.4. The molecule has 0 saturated carbocycles. The summed E-state index contributed by atoms with van der Waals surface area (Å²) >= 11 is 0. The van der Waals surface area contributed by atoms with Gasteiger partial charge in [-0.15, -0.1) is 5.10 Å². The monoisotopic (exact) mass is 640 g/mol. The largest absolute Gasteiger partial charge is 0.490 e. The highest BCUT2D eigenvalue weighted by Gasteiger charge is 2.30. The number of carbonyl (C=O) groups excluding carboxylic acids is 1. The van der Waals surface area contributed by atoms with Crippen LogP contribution in [0.5, 0.6) is 23.4 Å². The third-order valence-electron chi connectivity index (χ3n) is 7.30. The highest BCUT2D eigenvalue weighted by molar-refractivity contribution is 5.95. The minimum Gasteiger partial charge on any atom is -0.490 e. The van der Waals surface area contributed by atoms with Crippen LogP contribution in [-0.4, -0.2) is 98.9 Å². The molecule has 0 atom stereocenters. The Labute approximate surface area is 269 Å². The summed E-state index contributed by atoms with van der Waals surface area (Å²) in [4.78, 5) is 32.6. The van der Waals surface area contributed by atoms with Gasteiger partial charge in [-0.2, -0.15) is 0 Å². The van der Waals surface area contributed by atoms with E-state index in [1.165, 1.54) is 30.3 Å². The predicted molar refractivity (Wildman–Crippen MR) is 173 cm³/mol.